The molecule has 0 fully saturated rings. The van der Waals surface area contributed by atoms with Crippen LogP contribution in [0.25, 0.3) is 0 Å². The predicted molar refractivity (Wildman–Crippen MR) is 110 cm³/mol. The molecule has 0 saturated heterocycles. The Hall–Kier alpha value is -3.74. The molecule has 3 aromatic rings. The van der Waals surface area contributed by atoms with Crippen LogP contribution >= 0.6 is 0 Å². The summed E-state index contributed by atoms with van der Waals surface area (Å²) < 4.78 is 16.3. The summed E-state index contributed by atoms with van der Waals surface area (Å²) in [4.78, 5) is 19.0. The van der Waals surface area contributed by atoms with Crippen molar-refractivity contribution in [2.24, 2.45) is 0 Å². The zero-order valence-corrected chi connectivity index (χ0v) is 16.4. The Labute approximate surface area is 168 Å². The number of carbonyl (C=O) groups excluding carboxylic acids is 1. The van der Waals surface area contributed by atoms with Gasteiger partial charge in [0.25, 0.3) is 5.91 Å². The van der Waals surface area contributed by atoms with Crippen molar-refractivity contribution < 1.29 is 19.0 Å². The molecule has 7 heteroatoms. The number of nitrogens with one attached hydrogen (secondary N) is 1. The van der Waals surface area contributed by atoms with Gasteiger partial charge in [-0.2, -0.15) is 0 Å². The van der Waals surface area contributed by atoms with E-state index in [0.717, 1.165) is 11.3 Å². The Morgan fingerprint density at radius 2 is 1.69 bits per heavy atom. The van der Waals surface area contributed by atoms with Gasteiger partial charge in [0.15, 0.2) is 11.5 Å². The van der Waals surface area contributed by atoms with Crippen LogP contribution in [0.5, 0.6) is 17.2 Å². The normalized spacial score (nSPS) is 15.1. The van der Waals surface area contributed by atoms with E-state index in [0.29, 0.717) is 28.5 Å². The predicted octanol–water partition coefficient (Wildman–Crippen LogP) is 3.88. The van der Waals surface area contributed by atoms with Gasteiger partial charge in [-0.1, -0.05) is 18.2 Å². The van der Waals surface area contributed by atoms with E-state index in [-0.39, 0.29) is 5.91 Å². The molecule has 1 atom stereocenters. The number of amides is 1. The molecular formula is C22H21N3O4. The molecule has 4 rings (SSSR count). The molecule has 1 amide bonds. The van der Waals surface area contributed by atoms with Crippen molar-refractivity contribution in [2.45, 2.75) is 6.17 Å². The van der Waals surface area contributed by atoms with E-state index >= 15 is 0 Å². The fraction of sp³-hybridized carbons (Fsp3) is 0.182. The molecule has 0 radical (unpaired) electrons. The van der Waals surface area contributed by atoms with Crippen molar-refractivity contribution in [2.75, 3.05) is 31.5 Å². The number of pyridine rings is 1. The topological polar surface area (TPSA) is 72.9 Å². The highest BCUT2D eigenvalue weighted by Gasteiger charge is 2.37. The summed E-state index contributed by atoms with van der Waals surface area (Å²) in [6.45, 7) is 0. The van der Waals surface area contributed by atoms with Crippen molar-refractivity contribution in [3.05, 3.63) is 72.1 Å². The van der Waals surface area contributed by atoms with Crippen molar-refractivity contribution in [1.29, 1.82) is 0 Å². The van der Waals surface area contributed by atoms with E-state index in [1.54, 1.807) is 38.6 Å². The third-order valence-corrected chi connectivity index (χ3v) is 4.85. The molecular weight excluding hydrogens is 370 g/mol. The highest BCUT2D eigenvalue weighted by molar-refractivity contribution is 6.11. The molecule has 7 nitrogen and oxygen atoms in total. The number of methoxy groups -OCH3 is 3. The molecule has 1 aromatic heterocycles. The molecule has 2 aromatic carbocycles. The Balaban J connectivity index is 1.79. The van der Waals surface area contributed by atoms with E-state index < -0.39 is 6.17 Å². The summed E-state index contributed by atoms with van der Waals surface area (Å²) in [6, 6.07) is 14.9. The van der Waals surface area contributed by atoms with Crippen molar-refractivity contribution >= 4 is 17.3 Å². The number of anilines is 2. The van der Waals surface area contributed by atoms with Crippen LogP contribution in [0, 0.1) is 0 Å². The minimum absolute atomic E-state index is 0.0847. The molecule has 148 valence electrons. The van der Waals surface area contributed by atoms with Crippen LogP contribution in [-0.4, -0.2) is 32.2 Å². The number of aromatic nitrogens is 1. The maximum atomic E-state index is 13.1. The van der Waals surface area contributed by atoms with Gasteiger partial charge < -0.3 is 19.5 Å². The Kier molecular flexibility index (Phi) is 4.95. The molecule has 1 N–H and O–H groups in total. The third-order valence-electron chi connectivity index (χ3n) is 4.85. The lowest BCUT2D eigenvalue weighted by Crippen LogP contribution is -2.32. The van der Waals surface area contributed by atoms with Crippen molar-refractivity contribution in [3.63, 3.8) is 0 Å². The summed E-state index contributed by atoms with van der Waals surface area (Å²) >= 11 is 0. The number of rotatable bonds is 6. The summed E-state index contributed by atoms with van der Waals surface area (Å²) in [6.07, 6.45) is 2.94. The van der Waals surface area contributed by atoms with Crippen LogP contribution in [0.1, 0.15) is 22.1 Å². The number of hydrogen-bond acceptors (Lipinski definition) is 6. The van der Waals surface area contributed by atoms with Gasteiger partial charge in [0.05, 0.1) is 33.2 Å². The van der Waals surface area contributed by atoms with Gasteiger partial charge in [0.2, 0.25) is 5.75 Å². The van der Waals surface area contributed by atoms with Crippen LogP contribution < -0.4 is 24.4 Å². The molecule has 0 bridgehead atoms. The van der Waals surface area contributed by atoms with Gasteiger partial charge in [-0.25, -0.2) is 0 Å². The molecule has 0 aliphatic carbocycles. The molecule has 2 heterocycles. The second kappa shape index (κ2) is 7.71. The molecule has 29 heavy (non-hydrogen) atoms. The number of fused-ring (bicyclic) bond motifs is 1. The number of nitrogens with zero attached hydrogens (tertiary/aromatic N) is 2. The standard InChI is InChI=1S/C22H21N3O4/c1-27-18-11-14(12-19(28-2)20(18)29-3)24-21-16-8-4-5-9-17(16)22(26)25(21)15-7-6-10-23-13-15/h4-13,21,24H,1-3H3/t21-/m1/s1. The van der Waals surface area contributed by atoms with E-state index in [2.05, 4.69) is 10.3 Å². The first kappa shape index (κ1) is 18.6. The van der Waals surface area contributed by atoms with Crippen LogP contribution in [0.3, 0.4) is 0 Å². The first-order valence-corrected chi connectivity index (χ1v) is 9.07. The van der Waals surface area contributed by atoms with Crippen molar-refractivity contribution in [3.8, 4) is 17.2 Å². The zero-order chi connectivity index (χ0) is 20.4. The molecule has 0 saturated carbocycles. The smallest absolute Gasteiger partial charge is 0.260 e. The minimum Gasteiger partial charge on any atom is -0.493 e. The highest BCUT2D eigenvalue weighted by Crippen LogP contribution is 2.43. The molecule has 0 spiro atoms. The summed E-state index contributed by atoms with van der Waals surface area (Å²) in [5.41, 5.74) is 2.97. The number of benzene rings is 2. The second-order valence-corrected chi connectivity index (χ2v) is 6.43. The SMILES string of the molecule is COc1cc(N[C@H]2c3ccccc3C(=O)N2c2cccnc2)cc(OC)c1OC. The van der Waals surface area contributed by atoms with Crippen LogP contribution in [0.4, 0.5) is 11.4 Å². The number of ether oxygens (including phenoxy) is 3. The summed E-state index contributed by atoms with van der Waals surface area (Å²) in [5, 5.41) is 3.44. The summed E-state index contributed by atoms with van der Waals surface area (Å²) in [5.74, 6) is 1.48. The van der Waals surface area contributed by atoms with Gasteiger partial charge >= 0.3 is 0 Å². The molecule has 1 aliphatic rings. The van der Waals surface area contributed by atoms with Gasteiger partial charge in [0.1, 0.15) is 6.17 Å². The van der Waals surface area contributed by atoms with E-state index in [9.17, 15) is 4.79 Å². The van der Waals surface area contributed by atoms with Gasteiger partial charge in [-0.15, -0.1) is 0 Å². The van der Waals surface area contributed by atoms with Crippen LogP contribution in [0.2, 0.25) is 0 Å². The monoisotopic (exact) mass is 391 g/mol. The fourth-order valence-electron chi connectivity index (χ4n) is 3.54. The molecule has 1 aliphatic heterocycles. The lowest BCUT2D eigenvalue weighted by Gasteiger charge is -2.27. The first-order valence-electron chi connectivity index (χ1n) is 9.07. The summed E-state index contributed by atoms with van der Waals surface area (Å²) in [7, 11) is 4.69. The van der Waals surface area contributed by atoms with Crippen LogP contribution in [0.15, 0.2) is 60.9 Å². The quantitative estimate of drug-likeness (QED) is 0.688. The van der Waals surface area contributed by atoms with Gasteiger partial charge in [-0.3, -0.25) is 14.7 Å². The van der Waals surface area contributed by atoms with E-state index in [1.165, 1.54) is 0 Å². The van der Waals surface area contributed by atoms with Crippen LogP contribution in [-0.2, 0) is 0 Å². The fourth-order valence-corrected chi connectivity index (χ4v) is 3.54. The average Bonchev–Trinajstić information content (AvgIpc) is 3.05. The van der Waals surface area contributed by atoms with Gasteiger partial charge in [0, 0.05) is 35.1 Å². The zero-order valence-electron chi connectivity index (χ0n) is 16.4. The largest absolute Gasteiger partial charge is 0.493 e. The highest BCUT2D eigenvalue weighted by atomic mass is 16.5. The Morgan fingerprint density at radius 1 is 0.966 bits per heavy atom. The maximum Gasteiger partial charge on any atom is 0.260 e. The lowest BCUT2D eigenvalue weighted by molar-refractivity contribution is 0.0993. The minimum atomic E-state index is -0.411. The number of carbonyl (C=O) groups is 1. The van der Waals surface area contributed by atoms with Gasteiger partial charge in [-0.05, 0) is 18.2 Å². The number of hydrogen-bond donors (Lipinski definition) is 1. The third kappa shape index (κ3) is 3.20. The Bertz CT molecular complexity index is 1010. The Morgan fingerprint density at radius 3 is 2.31 bits per heavy atom. The van der Waals surface area contributed by atoms with E-state index in [1.807, 2.05) is 48.5 Å². The molecule has 0 unspecified atom stereocenters. The first-order chi connectivity index (χ1) is 14.2. The maximum absolute atomic E-state index is 13.1. The van der Waals surface area contributed by atoms with E-state index in [4.69, 9.17) is 14.2 Å². The lowest BCUT2D eigenvalue weighted by atomic mass is 10.1. The second-order valence-electron chi connectivity index (χ2n) is 6.43. The average molecular weight is 391 g/mol. The van der Waals surface area contributed by atoms with Crippen molar-refractivity contribution in [1.82, 2.24) is 4.98 Å².